The molecule has 0 aliphatic carbocycles. The third kappa shape index (κ3) is 1.92. The molecule has 2 saturated heterocycles. The third-order valence-electron chi connectivity index (χ3n) is 4.43. The summed E-state index contributed by atoms with van der Waals surface area (Å²) in [5, 5.41) is 9.70. The molecule has 1 spiro atoms. The quantitative estimate of drug-likeness (QED) is 0.878. The largest absolute Gasteiger partial charge is 0.458 e. The fourth-order valence-corrected chi connectivity index (χ4v) is 3.14. The normalized spacial score (nSPS) is 20.8. The zero-order chi connectivity index (χ0) is 14.4. The number of nitrogens with one attached hydrogen (secondary N) is 2. The average Bonchev–Trinajstić information content (AvgIpc) is 3.13. The van der Waals surface area contributed by atoms with Crippen molar-refractivity contribution in [3.05, 3.63) is 30.2 Å². The molecule has 0 atom stereocenters. The van der Waals surface area contributed by atoms with E-state index in [1.165, 1.54) is 0 Å². The summed E-state index contributed by atoms with van der Waals surface area (Å²) in [6, 6.07) is 5.84. The number of amides is 2. The van der Waals surface area contributed by atoms with Gasteiger partial charge in [-0.15, -0.1) is 0 Å². The monoisotopic (exact) mass is 287 g/mol. The highest BCUT2D eigenvalue weighted by Crippen LogP contribution is 2.31. The van der Waals surface area contributed by atoms with E-state index in [2.05, 4.69) is 20.4 Å². The van der Waals surface area contributed by atoms with Crippen molar-refractivity contribution in [1.82, 2.24) is 25.3 Å². The van der Waals surface area contributed by atoms with Gasteiger partial charge in [-0.05, 0) is 18.2 Å². The summed E-state index contributed by atoms with van der Waals surface area (Å²) in [5.74, 6) is 1.72. The van der Waals surface area contributed by atoms with Crippen LogP contribution < -0.4 is 5.32 Å². The highest BCUT2D eigenvalue weighted by molar-refractivity contribution is 5.78. The Morgan fingerprint density at radius 3 is 2.90 bits per heavy atom. The molecule has 110 valence electrons. The molecule has 21 heavy (non-hydrogen) atoms. The van der Waals surface area contributed by atoms with Gasteiger partial charge in [0.15, 0.2) is 5.76 Å². The van der Waals surface area contributed by atoms with Gasteiger partial charge >= 0.3 is 6.03 Å². The van der Waals surface area contributed by atoms with Crippen LogP contribution in [0.4, 0.5) is 4.79 Å². The van der Waals surface area contributed by atoms with Gasteiger partial charge in [0.05, 0.1) is 12.1 Å². The number of likely N-dealkylation sites (N-methyl/N-ethyl adjacent to an activating group) is 1. The lowest BCUT2D eigenvalue weighted by Gasteiger charge is -2.50. The Balaban J connectivity index is 1.40. The average molecular weight is 287 g/mol. The van der Waals surface area contributed by atoms with Gasteiger partial charge in [0.25, 0.3) is 0 Å². The van der Waals surface area contributed by atoms with Crippen LogP contribution in [0.3, 0.4) is 0 Å². The van der Waals surface area contributed by atoms with Crippen LogP contribution in [0, 0.1) is 0 Å². The van der Waals surface area contributed by atoms with Crippen molar-refractivity contribution >= 4 is 6.03 Å². The van der Waals surface area contributed by atoms with E-state index in [-0.39, 0.29) is 11.6 Å². The summed E-state index contributed by atoms with van der Waals surface area (Å²) < 4.78 is 5.82. The number of urea groups is 1. The van der Waals surface area contributed by atoms with Crippen LogP contribution in [0.5, 0.6) is 0 Å². The zero-order valence-corrected chi connectivity index (χ0v) is 11.8. The first kappa shape index (κ1) is 12.5. The number of hydrogen-bond donors (Lipinski definition) is 2. The van der Waals surface area contributed by atoms with E-state index in [0.29, 0.717) is 0 Å². The third-order valence-corrected chi connectivity index (χ3v) is 4.43. The highest BCUT2D eigenvalue weighted by atomic mass is 16.3. The van der Waals surface area contributed by atoms with Crippen LogP contribution in [-0.2, 0) is 6.54 Å². The second-order valence-electron chi connectivity index (χ2n) is 5.82. The molecule has 0 unspecified atom stereocenters. The van der Waals surface area contributed by atoms with Crippen molar-refractivity contribution in [2.45, 2.75) is 12.1 Å². The fourth-order valence-electron chi connectivity index (χ4n) is 3.14. The number of carbonyl (C=O) groups excluding carboxylic acids is 1. The lowest BCUT2D eigenvalue weighted by atomic mass is 9.89. The van der Waals surface area contributed by atoms with Crippen molar-refractivity contribution in [2.24, 2.45) is 0 Å². The molecule has 2 aliphatic heterocycles. The smallest absolute Gasteiger partial charge is 0.317 e. The number of likely N-dealkylation sites (tertiary alicyclic amines) is 1. The van der Waals surface area contributed by atoms with Crippen molar-refractivity contribution in [2.75, 3.05) is 26.7 Å². The number of furan rings is 1. The first-order valence-corrected chi connectivity index (χ1v) is 6.99. The minimum Gasteiger partial charge on any atom is -0.458 e. The first-order valence-electron chi connectivity index (χ1n) is 6.99. The number of hydrogen-bond acceptors (Lipinski definition) is 4. The van der Waals surface area contributed by atoms with E-state index in [0.717, 1.165) is 43.4 Å². The van der Waals surface area contributed by atoms with Gasteiger partial charge in [0.1, 0.15) is 11.5 Å². The Kier molecular flexibility index (Phi) is 2.58. The molecule has 2 aromatic rings. The summed E-state index contributed by atoms with van der Waals surface area (Å²) in [5.41, 5.74) is 0.849. The fraction of sp³-hybridized carbons (Fsp3) is 0.429. The topological polar surface area (TPSA) is 77.4 Å². The van der Waals surface area contributed by atoms with Crippen LogP contribution in [0.2, 0.25) is 0 Å². The summed E-state index contributed by atoms with van der Waals surface area (Å²) in [6.45, 7) is 3.25. The molecule has 7 heteroatoms. The Bertz CT molecular complexity index is 657. The number of nitrogens with zero attached hydrogens (tertiary/aromatic N) is 3. The maximum absolute atomic E-state index is 11.6. The van der Waals surface area contributed by atoms with Crippen LogP contribution in [0.1, 0.15) is 5.76 Å². The van der Waals surface area contributed by atoms with Crippen LogP contribution in [-0.4, -0.2) is 58.2 Å². The van der Waals surface area contributed by atoms with Crippen LogP contribution in [0.15, 0.2) is 28.8 Å². The summed E-state index contributed by atoms with van der Waals surface area (Å²) in [7, 11) is 1.86. The standard InChI is InChI=1S/C14H17N5O2/c1-18-13(20)15-7-14(18)8-19(9-14)6-10-2-3-12(21-10)11-4-5-16-17-11/h2-5H,6-9H2,1H3,(H,15,20)(H,16,17). The van der Waals surface area contributed by atoms with Gasteiger partial charge in [-0.1, -0.05) is 0 Å². The molecule has 0 aromatic carbocycles. The molecule has 0 radical (unpaired) electrons. The molecule has 4 heterocycles. The molecule has 0 bridgehead atoms. The number of aromatic amines is 1. The predicted octanol–water partition coefficient (Wildman–Crippen LogP) is 0.879. The number of H-pyrrole nitrogens is 1. The summed E-state index contributed by atoms with van der Waals surface area (Å²) in [6.07, 6.45) is 1.71. The number of rotatable bonds is 3. The van der Waals surface area contributed by atoms with Gasteiger partial charge in [-0.3, -0.25) is 10.00 Å². The first-order chi connectivity index (χ1) is 10.2. The maximum atomic E-state index is 11.6. The van der Waals surface area contributed by atoms with Crippen molar-refractivity contribution in [1.29, 1.82) is 0 Å². The van der Waals surface area contributed by atoms with E-state index in [1.807, 2.05) is 30.1 Å². The number of aromatic nitrogens is 2. The number of carbonyl (C=O) groups is 1. The highest BCUT2D eigenvalue weighted by Gasteiger charge is 2.51. The predicted molar refractivity (Wildman–Crippen MR) is 75.5 cm³/mol. The molecular weight excluding hydrogens is 270 g/mol. The Labute approximate surface area is 121 Å². The SMILES string of the molecule is CN1C(=O)NCC12CN(Cc1ccc(-c3ccn[nH]3)o1)C2. The van der Waals surface area contributed by atoms with Gasteiger partial charge in [0.2, 0.25) is 0 Å². The lowest BCUT2D eigenvalue weighted by molar-refractivity contribution is -0.00470. The minimum absolute atomic E-state index is 0.0224. The second-order valence-corrected chi connectivity index (χ2v) is 5.82. The van der Waals surface area contributed by atoms with Gasteiger partial charge in [-0.25, -0.2) is 4.79 Å². The molecule has 2 N–H and O–H groups in total. The van der Waals surface area contributed by atoms with Gasteiger partial charge in [0, 0.05) is 32.9 Å². The second kappa shape index (κ2) is 4.36. The molecule has 4 rings (SSSR count). The van der Waals surface area contributed by atoms with Crippen molar-refractivity contribution < 1.29 is 9.21 Å². The van der Waals surface area contributed by atoms with Crippen LogP contribution >= 0.6 is 0 Å². The molecular formula is C14H17N5O2. The van der Waals surface area contributed by atoms with Gasteiger partial charge in [-0.2, -0.15) is 5.10 Å². The molecule has 7 nitrogen and oxygen atoms in total. The minimum atomic E-state index is -0.0319. The van der Waals surface area contributed by atoms with Crippen molar-refractivity contribution in [3.8, 4) is 11.5 Å². The molecule has 2 amide bonds. The van der Waals surface area contributed by atoms with Crippen LogP contribution in [0.25, 0.3) is 11.5 Å². The Hall–Kier alpha value is -2.28. The Morgan fingerprint density at radius 2 is 2.24 bits per heavy atom. The molecule has 2 aromatic heterocycles. The van der Waals surface area contributed by atoms with E-state index >= 15 is 0 Å². The maximum Gasteiger partial charge on any atom is 0.317 e. The lowest BCUT2D eigenvalue weighted by Crippen LogP contribution is -2.68. The van der Waals surface area contributed by atoms with E-state index in [4.69, 9.17) is 4.42 Å². The van der Waals surface area contributed by atoms with E-state index in [1.54, 1.807) is 6.20 Å². The van der Waals surface area contributed by atoms with Crippen molar-refractivity contribution in [3.63, 3.8) is 0 Å². The molecule has 2 fully saturated rings. The summed E-state index contributed by atoms with van der Waals surface area (Å²) >= 11 is 0. The molecule has 2 aliphatic rings. The van der Waals surface area contributed by atoms with E-state index < -0.39 is 0 Å². The molecule has 0 saturated carbocycles. The van der Waals surface area contributed by atoms with E-state index in [9.17, 15) is 4.79 Å². The zero-order valence-electron chi connectivity index (χ0n) is 11.8. The summed E-state index contributed by atoms with van der Waals surface area (Å²) in [4.78, 5) is 15.7. The van der Waals surface area contributed by atoms with Gasteiger partial charge < -0.3 is 14.6 Å². The Morgan fingerprint density at radius 1 is 1.38 bits per heavy atom.